The molecule has 1 aromatic carbocycles. The molecule has 0 bridgehead atoms. The summed E-state index contributed by atoms with van der Waals surface area (Å²) in [7, 11) is 0. The van der Waals surface area contributed by atoms with Crippen LogP contribution in [-0.4, -0.2) is 11.9 Å². The zero-order valence-electron chi connectivity index (χ0n) is 11.3. The Bertz CT molecular complexity index is 327. The average Bonchev–Trinajstić information content (AvgIpc) is 2.30. The summed E-state index contributed by atoms with van der Waals surface area (Å²) in [6.07, 6.45) is 2.28. The van der Waals surface area contributed by atoms with Gasteiger partial charge in [-0.05, 0) is 49.9 Å². The fourth-order valence-electron chi connectivity index (χ4n) is 1.93. The Hall–Kier alpha value is -0.500. The molecule has 0 aliphatic carbocycles. The Morgan fingerprint density at radius 2 is 1.59 bits per heavy atom. The lowest BCUT2D eigenvalue weighted by molar-refractivity contribution is 0.158. The number of halogens is 1. The van der Waals surface area contributed by atoms with Crippen molar-refractivity contribution in [3.8, 4) is 5.75 Å². The quantitative estimate of drug-likeness (QED) is 0.680. The smallest absolute Gasteiger partial charge is 0.119 e. The highest BCUT2D eigenvalue weighted by atomic mass is 79.9. The number of hydrogen-bond acceptors (Lipinski definition) is 1. The van der Waals surface area contributed by atoms with E-state index in [1.807, 2.05) is 0 Å². The molecule has 0 atom stereocenters. The fourth-order valence-corrected chi connectivity index (χ4v) is 2.89. The molecule has 0 aliphatic heterocycles. The van der Waals surface area contributed by atoms with Crippen molar-refractivity contribution in [1.82, 2.24) is 0 Å². The first-order valence-corrected chi connectivity index (χ1v) is 7.44. The van der Waals surface area contributed by atoms with Crippen molar-refractivity contribution in [3.05, 3.63) is 29.3 Å². The molecular formula is C15H23BrO. The van der Waals surface area contributed by atoms with Gasteiger partial charge in [0.1, 0.15) is 5.75 Å². The van der Waals surface area contributed by atoms with Gasteiger partial charge < -0.3 is 4.74 Å². The second kappa shape index (κ2) is 6.44. The van der Waals surface area contributed by atoms with Crippen LogP contribution in [0.3, 0.4) is 0 Å². The highest BCUT2D eigenvalue weighted by molar-refractivity contribution is 9.09. The average molecular weight is 299 g/mol. The van der Waals surface area contributed by atoms with Crippen molar-refractivity contribution in [2.45, 2.75) is 40.5 Å². The van der Waals surface area contributed by atoms with Crippen LogP contribution >= 0.6 is 15.9 Å². The molecule has 96 valence electrons. The van der Waals surface area contributed by atoms with E-state index in [0.29, 0.717) is 0 Å². The Kier molecular flexibility index (Phi) is 5.51. The second-order valence-electron chi connectivity index (χ2n) is 4.95. The van der Waals surface area contributed by atoms with Crippen molar-refractivity contribution in [3.63, 3.8) is 0 Å². The van der Waals surface area contributed by atoms with E-state index in [1.54, 1.807) is 0 Å². The number of benzene rings is 1. The molecule has 0 aliphatic rings. The Labute approximate surface area is 114 Å². The van der Waals surface area contributed by atoms with Gasteiger partial charge in [0.15, 0.2) is 0 Å². The van der Waals surface area contributed by atoms with E-state index in [2.05, 4.69) is 61.8 Å². The third kappa shape index (κ3) is 4.02. The maximum absolute atomic E-state index is 5.98. The van der Waals surface area contributed by atoms with E-state index in [9.17, 15) is 0 Å². The van der Waals surface area contributed by atoms with Crippen LogP contribution in [0.2, 0.25) is 0 Å². The van der Waals surface area contributed by atoms with Crippen LogP contribution in [0.4, 0.5) is 0 Å². The Morgan fingerprint density at radius 1 is 1.06 bits per heavy atom. The number of rotatable bonds is 6. The van der Waals surface area contributed by atoms with Crippen LogP contribution in [-0.2, 0) is 0 Å². The topological polar surface area (TPSA) is 9.23 Å². The molecule has 0 heterocycles. The van der Waals surface area contributed by atoms with E-state index < -0.39 is 0 Å². The Morgan fingerprint density at radius 3 is 2.00 bits per heavy atom. The summed E-state index contributed by atoms with van der Waals surface area (Å²) >= 11 is 3.62. The molecule has 17 heavy (non-hydrogen) atoms. The first kappa shape index (κ1) is 14.6. The summed E-state index contributed by atoms with van der Waals surface area (Å²) < 4.78 is 5.98. The minimum absolute atomic E-state index is 0.262. The zero-order chi connectivity index (χ0) is 12.9. The maximum Gasteiger partial charge on any atom is 0.119 e. The molecule has 0 fully saturated rings. The predicted molar refractivity (Wildman–Crippen MR) is 78.2 cm³/mol. The van der Waals surface area contributed by atoms with Gasteiger partial charge in [0.2, 0.25) is 0 Å². The van der Waals surface area contributed by atoms with Crippen molar-refractivity contribution in [1.29, 1.82) is 0 Å². The molecule has 0 amide bonds. The number of alkyl halides is 1. The molecule has 0 aromatic heterocycles. The van der Waals surface area contributed by atoms with Crippen LogP contribution in [0.1, 0.15) is 37.8 Å². The second-order valence-corrected chi connectivity index (χ2v) is 5.51. The first-order valence-electron chi connectivity index (χ1n) is 6.32. The van der Waals surface area contributed by atoms with Crippen molar-refractivity contribution < 1.29 is 4.74 Å². The van der Waals surface area contributed by atoms with E-state index in [0.717, 1.165) is 30.5 Å². The van der Waals surface area contributed by atoms with Crippen LogP contribution in [0.5, 0.6) is 5.75 Å². The van der Waals surface area contributed by atoms with E-state index in [4.69, 9.17) is 4.74 Å². The summed E-state index contributed by atoms with van der Waals surface area (Å²) in [5, 5.41) is 0.998. The lowest BCUT2D eigenvalue weighted by Crippen LogP contribution is -2.29. The highest BCUT2D eigenvalue weighted by Crippen LogP contribution is 2.30. The normalized spacial score (nSPS) is 11.6. The molecule has 0 unspecified atom stereocenters. The van der Waals surface area contributed by atoms with E-state index in [1.165, 1.54) is 11.1 Å². The number of aryl methyl sites for hydroxylation is 2. The predicted octanol–water partition coefficient (Wildman–Crippen LogP) is 4.88. The number of hydrogen-bond donors (Lipinski definition) is 0. The first-order chi connectivity index (χ1) is 8.05. The lowest BCUT2D eigenvalue weighted by atomic mass is 9.86. The monoisotopic (exact) mass is 298 g/mol. The summed E-state index contributed by atoms with van der Waals surface area (Å²) in [6.45, 7) is 9.47. The molecule has 1 rings (SSSR count). The highest BCUT2D eigenvalue weighted by Gasteiger charge is 2.25. The van der Waals surface area contributed by atoms with Crippen LogP contribution in [0, 0.1) is 19.3 Å². The minimum atomic E-state index is 0.262. The summed E-state index contributed by atoms with van der Waals surface area (Å²) in [6, 6.07) is 6.39. The van der Waals surface area contributed by atoms with Gasteiger partial charge in [-0.1, -0.05) is 35.8 Å². The van der Waals surface area contributed by atoms with Gasteiger partial charge in [0, 0.05) is 10.7 Å². The van der Waals surface area contributed by atoms with E-state index >= 15 is 0 Å². The number of ether oxygens (including phenoxy) is 1. The lowest BCUT2D eigenvalue weighted by Gasteiger charge is -2.29. The van der Waals surface area contributed by atoms with Gasteiger partial charge in [0.05, 0.1) is 6.61 Å². The van der Waals surface area contributed by atoms with Gasteiger partial charge in [-0.3, -0.25) is 0 Å². The zero-order valence-corrected chi connectivity index (χ0v) is 12.9. The molecule has 0 N–H and O–H groups in total. The fraction of sp³-hybridized carbons (Fsp3) is 0.600. The van der Waals surface area contributed by atoms with Gasteiger partial charge >= 0.3 is 0 Å². The van der Waals surface area contributed by atoms with Crippen LogP contribution in [0.15, 0.2) is 18.2 Å². The molecule has 0 spiro atoms. The van der Waals surface area contributed by atoms with Crippen molar-refractivity contribution >= 4 is 15.9 Å². The SMILES string of the molecule is CCC(CC)(CBr)COc1cc(C)cc(C)c1. The molecule has 1 nitrogen and oxygen atoms in total. The minimum Gasteiger partial charge on any atom is -0.493 e. The molecule has 0 saturated heterocycles. The summed E-state index contributed by atoms with van der Waals surface area (Å²) in [4.78, 5) is 0. The van der Waals surface area contributed by atoms with Crippen molar-refractivity contribution in [2.75, 3.05) is 11.9 Å². The third-order valence-electron chi connectivity index (χ3n) is 3.52. The van der Waals surface area contributed by atoms with Crippen LogP contribution < -0.4 is 4.74 Å². The standard InChI is InChI=1S/C15H23BrO/c1-5-15(6-2,10-16)11-17-14-8-12(3)7-13(4)9-14/h7-9H,5-6,10-11H2,1-4H3. The molecule has 0 saturated carbocycles. The molecule has 2 heteroatoms. The third-order valence-corrected chi connectivity index (χ3v) is 4.71. The Balaban J connectivity index is 2.71. The van der Waals surface area contributed by atoms with E-state index in [-0.39, 0.29) is 5.41 Å². The maximum atomic E-state index is 5.98. The largest absolute Gasteiger partial charge is 0.493 e. The van der Waals surface area contributed by atoms with Gasteiger partial charge in [0.25, 0.3) is 0 Å². The van der Waals surface area contributed by atoms with Crippen molar-refractivity contribution in [2.24, 2.45) is 5.41 Å². The van der Waals surface area contributed by atoms with Crippen LogP contribution in [0.25, 0.3) is 0 Å². The summed E-state index contributed by atoms with van der Waals surface area (Å²) in [5.41, 5.74) is 2.78. The molecule has 0 radical (unpaired) electrons. The van der Waals surface area contributed by atoms with Gasteiger partial charge in [-0.2, -0.15) is 0 Å². The van der Waals surface area contributed by atoms with Gasteiger partial charge in [-0.15, -0.1) is 0 Å². The molecule has 1 aromatic rings. The summed E-state index contributed by atoms with van der Waals surface area (Å²) in [5.74, 6) is 0.995. The van der Waals surface area contributed by atoms with Gasteiger partial charge in [-0.25, -0.2) is 0 Å². The molecular weight excluding hydrogens is 276 g/mol.